The van der Waals surface area contributed by atoms with Gasteiger partial charge in [0.05, 0.1) is 0 Å². The maximum absolute atomic E-state index is 4.98. The van der Waals surface area contributed by atoms with E-state index in [9.17, 15) is 0 Å². The normalized spacial score (nSPS) is 15.1. The number of nitrogens with zero attached hydrogens (tertiary/aromatic N) is 2. The zero-order valence-electron chi connectivity index (χ0n) is 5.35. The van der Waals surface area contributed by atoms with Crippen LogP contribution >= 0.6 is 0 Å². The summed E-state index contributed by atoms with van der Waals surface area (Å²) in [6.07, 6.45) is 6.57. The Morgan fingerprint density at radius 2 is 2.36 bits per heavy atom. The molecule has 5 nitrogen and oxygen atoms in total. The Kier molecular flexibility index (Phi) is 1.33. The first-order valence-electron chi connectivity index (χ1n) is 2.84. The smallest absolute Gasteiger partial charge is 0.239 e. The van der Waals surface area contributed by atoms with Gasteiger partial charge in [-0.1, -0.05) is 0 Å². The minimum atomic E-state index is 0.384. The summed E-state index contributed by atoms with van der Waals surface area (Å²) >= 11 is 0. The van der Waals surface area contributed by atoms with Crippen molar-refractivity contribution in [1.82, 2.24) is 10.4 Å². The van der Waals surface area contributed by atoms with Crippen molar-refractivity contribution < 1.29 is 14.0 Å². The number of aromatic nitrogens is 2. The molecule has 2 heterocycles. The zero-order valence-corrected chi connectivity index (χ0v) is 5.35. The molecule has 0 atom stereocenters. The first-order chi connectivity index (χ1) is 5.47. The van der Waals surface area contributed by atoms with Gasteiger partial charge in [0.2, 0.25) is 6.26 Å². The van der Waals surface area contributed by atoms with Crippen LogP contribution in [0.5, 0.6) is 0 Å². The molecule has 0 fully saturated rings. The topological polar surface area (TPSA) is 57.4 Å². The first-order valence-corrected chi connectivity index (χ1v) is 2.84. The van der Waals surface area contributed by atoms with E-state index in [1.807, 2.05) is 0 Å². The third-order valence-corrected chi connectivity index (χ3v) is 1.06. The maximum Gasteiger partial charge on any atom is 0.239 e. The van der Waals surface area contributed by atoms with Crippen molar-refractivity contribution >= 4 is 5.76 Å². The van der Waals surface area contributed by atoms with Gasteiger partial charge in [0, 0.05) is 5.27 Å². The molecule has 2 rings (SSSR count). The average molecular weight is 151 g/mol. The predicted octanol–water partition coefficient (Wildman–Crippen LogP) is 0.686. The van der Waals surface area contributed by atoms with Crippen molar-refractivity contribution in [1.29, 1.82) is 0 Å². The lowest BCUT2D eigenvalue weighted by atomic mass is 10.4. The fourth-order valence-electron chi connectivity index (χ4n) is 0.619. The SMILES string of the molecule is [c]1onnc1C1=COC=CO1. The van der Waals surface area contributed by atoms with Crippen molar-refractivity contribution in [3.63, 3.8) is 0 Å². The molecule has 1 radical (unpaired) electrons. The van der Waals surface area contributed by atoms with Gasteiger partial charge in [-0.25, -0.2) is 0 Å². The molecule has 0 aliphatic carbocycles. The minimum absolute atomic E-state index is 0.384. The Morgan fingerprint density at radius 1 is 1.36 bits per heavy atom. The lowest BCUT2D eigenvalue weighted by molar-refractivity contribution is 0.311. The molecular weight excluding hydrogens is 148 g/mol. The van der Waals surface area contributed by atoms with E-state index in [0.29, 0.717) is 11.5 Å². The molecule has 0 spiro atoms. The largest absolute Gasteiger partial charge is 0.465 e. The van der Waals surface area contributed by atoms with Gasteiger partial charge >= 0.3 is 0 Å². The van der Waals surface area contributed by atoms with Gasteiger partial charge in [-0.15, -0.1) is 5.10 Å². The molecule has 0 saturated heterocycles. The summed E-state index contributed by atoms with van der Waals surface area (Å²) in [6.45, 7) is 0. The fourth-order valence-corrected chi connectivity index (χ4v) is 0.619. The number of hydrogen-bond acceptors (Lipinski definition) is 5. The van der Waals surface area contributed by atoms with Crippen LogP contribution in [-0.2, 0) is 9.47 Å². The van der Waals surface area contributed by atoms with Crippen LogP contribution in [0, 0.1) is 6.26 Å². The highest BCUT2D eigenvalue weighted by molar-refractivity contribution is 5.53. The van der Waals surface area contributed by atoms with Gasteiger partial charge in [-0.05, 0) is 0 Å². The molecule has 0 unspecified atom stereocenters. The molecule has 0 saturated carbocycles. The molecule has 1 aliphatic rings. The molecule has 5 heteroatoms. The summed E-state index contributed by atoms with van der Waals surface area (Å²) in [5, 5.41) is 6.78. The molecule has 0 amide bonds. The molecule has 1 aromatic heterocycles. The minimum Gasteiger partial charge on any atom is -0.465 e. The van der Waals surface area contributed by atoms with Crippen molar-refractivity contribution in [3.05, 3.63) is 30.7 Å². The molecule has 0 bridgehead atoms. The first kappa shape index (κ1) is 5.96. The van der Waals surface area contributed by atoms with Crippen molar-refractivity contribution in [2.24, 2.45) is 0 Å². The highest BCUT2D eigenvalue weighted by Gasteiger charge is 2.09. The summed E-state index contributed by atoms with van der Waals surface area (Å²) < 4.78 is 14.2. The van der Waals surface area contributed by atoms with Crippen LogP contribution in [0.4, 0.5) is 0 Å². The number of rotatable bonds is 1. The second-order valence-electron chi connectivity index (χ2n) is 1.73. The van der Waals surface area contributed by atoms with Gasteiger partial charge in [-0.3, -0.25) is 0 Å². The molecule has 11 heavy (non-hydrogen) atoms. The zero-order chi connectivity index (χ0) is 7.52. The molecule has 1 aromatic rings. The van der Waals surface area contributed by atoms with Crippen LogP contribution in [0.3, 0.4) is 0 Å². The van der Waals surface area contributed by atoms with Crippen molar-refractivity contribution in [3.8, 4) is 0 Å². The standard InChI is InChI=1S/C6H3N2O3/c1-2-10-6(4-9-1)5-3-11-8-7-5/h1-2,4H. The van der Waals surface area contributed by atoms with Crippen LogP contribution in [0.15, 0.2) is 23.3 Å². The summed E-state index contributed by atoms with van der Waals surface area (Å²) in [7, 11) is 0. The van der Waals surface area contributed by atoms with E-state index in [0.717, 1.165) is 0 Å². The third-order valence-electron chi connectivity index (χ3n) is 1.06. The van der Waals surface area contributed by atoms with E-state index in [1.165, 1.54) is 18.8 Å². The highest BCUT2D eigenvalue weighted by Crippen LogP contribution is 2.15. The molecular formula is C6H3N2O3. The number of hydrogen-bond donors (Lipinski definition) is 0. The Balaban J connectivity index is 2.24. The second-order valence-corrected chi connectivity index (χ2v) is 1.73. The Morgan fingerprint density at radius 3 is 3.00 bits per heavy atom. The van der Waals surface area contributed by atoms with E-state index in [-0.39, 0.29) is 0 Å². The molecule has 1 aliphatic heterocycles. The van der Waals surface area contributed by atoms with Crippen LogP contribution in [0.2, 0.25) is 0 Å². The maximum atomic E-state index is 4.98. The van der Waals surface area contributed by atoms with Crippen LogP contribution in [0.1, 0.15) is 5.69 Å². The predicted molar refractivity (Wildman–Crippen MR) is 32.4 cm³/mol. The van der Waals surface area contributed by atoms with Crippen molar-refractivity contribution in [2.45, 2.75) is 0 Å². The lowest BCUT2D eigenvalue weighted by Gasteiger charge is -2.04. The van der Waals surface area contributed by atoms with Crippen LogP contribution in [-0.4, -0.2) is 10.4 Å². The Bertz CT molecular complexity index is 289. The van der Waals surface area contributed by atoms with E-state index in [2.05, 4.69) is 21.2 Å². The van der Waals surface area contributed by atoms with Crippen LogP contribution in [0.25, 0.3) is 5.76 Å². The van der Waals surface area contributed by atoms with Crippen molar-refractivity contribution in [2.75, 3.05) is 0 Å². The van der Waals surface area contributed by atoms with E-state index in [1.54, 1.807) is 0 Å². The summed E-state index contributed by atoms with van der Waals surface area (Å²) in [6, 6.07) is 0. The average Bonchev–Trinajstić information content (AvgIpc) is 2.58. The second kappa shape index (κ2) is 2.45. The summed E-state index contributed by atoms with van der Waals surface area (Å²) in [5.41, 5.74) is 0.384. The third kappa shape index (κ3) is 1.07. The van der Waals surface area contributed by atoms with E-state index >= 15 is 0 Å². The quantitative estimate of drug-likeness (QED) is 0.590. The van der Waals surface area contributed by atoms with Gasteiger partial charge in [0.25, 0.3) is 0 Å². The fraction of sp³-hybridized carbons (Fsp3) is 0. The molecule has 0 aromatic carbocycles. The van der Waals surface area contributed by atoms with E-state index in [4.69, 9.17) is 9.47 Å². The molecule has 55 valence electrons. The Labute approximate surface area is 61.9 Å². The molecule has 0 N–H and O–H groups in total. The number of ether oxygens (including phenoxy) is 2. The van der Waals surface area contributed by atoms with E-state index < -0.39 is 0 Å². The highest BCUT2D eigenvalue weighted by atomic mass is 16.5. The van der Waals surface area contributed by atoms with Gasteiger partial charge in [0.15, 0.2) is 11.5 Å². The lowest BCUT2D eigenvalue weighted by Crippen LogP contribution is -1.91. The van der Waals surface area contributed by atoms with Gasteiger partial charge < -0.3 is 14.0 Å². The van der Waals surface area contributed by atoms with Gasteiger partial charge in [-0.2, -0.15) is 0 Å². The summed E-state index contributed by atoms with van der Waals surface area (Å²) in [4.78, 5) is 0. The van der Waals surface area contributed by atoms with Crippen LogP contribution < -0.4 is 0 Å². The Hall–Kier alpha value is -1.78. The summed E-state index contributed by atoms with van der Waals surface area (Å²) in [5.74, 6) is 0.425. The monoisotopic (exact) mass is 151 g/mol. The van der Waals surface area contributed by atoms with Gasteiger partial charge in [0.1, 0.15) is 18.8 Å².